The largest absolute Gasteiger partial charge is 0.0651 e. The van der Waals surface area contributed by atoms with E-state index in [-0.39, 0.29) is 0 Å². The van der Waals surface area contributed by atoms with Crippen molar-refractivity contribution in [2.45, 2.75) is 90.9 Å². The van der Waals surface area contributed by atoms with E-state index in [1.165, 1.54) is 77.0 Å². The summed E-state index contributed by atoms with van der Waals surface area (Å²) in [5.41, 5.74) is 0. The Balaban J connectivity index is 0.000000160. The predicted molar refractivity (Wildman–Crippen MR) is 73.7 cm³/mol. The van der Waals surface area contributed by atoms with Crippen LogP contribution in [0.3, 0.4) is 0 Å². The highest BCUT2D eigenvalue weighted by atomic mass is 14.2. The summed E-state index contributed by atoms with van der Waals surface area (Å²) in [4.78, 5) is 0. The molecule has 96 valence electrons. The molecule has 0 spiro atoms. The van der Waals surface area contributed by atoms with Crippen molar-refractivity contribution in [3.63, 3.8) is 0 Å². The first kappa shape index (κ1) is 14.1. The molecule has 0 amide bonds. The Hall–Kier alpha value is 0. The van der Waals surface area contributed by atoms with Gasteiger partial charge in [-0.2, -0.15) is 0 Å². The fourth-order valence-corrected chi connectivity index (χ4v) is 3.19. The van der Waals surface area contributed by atoms with Gasteiger partial charge in [0.25, 0.3) is 0 Å². The Morgan fingerprint density at radius 1 is 0.562 bits per heavy atom. The van der Waals surface area contributed by atoms with Crippen LogP contribution >= 0.6 is 0 Å². The van der Waals surface area contributed by atoms with Crippen LogP contribution in [0.1, 0.15) is 90.9 Å². The molecule has 0 heterocycles. The summed E-state index contributed by atoms with van der Waals surface area (Å²) in [5.74, 6) is 2.17. The normalized spacial score (nSPS) is 23.6. The van der Waals surface area contributed by atoms with Crippen LogP contribution in [-0.2, 0) is 0 Å². The molecule has 2 aliphatic carbocycles. The predicted octanol–water partition coefficient (Wildman–Crippen LogP) is 5.95. The number of rotatable bonds is 2. The highest BCUT2D eigenvalue weighted by molar-refractivity contribution is 4.63. The van der Waals surface area contributed by atoms with E-state index in [4.69, 9.17) is 0 Å². The van der Waals surface area contributed by atoms with Gasteiger partial charge in [0.05, 0.1) is 0 Å². The van der Waals surface area contributed by atoms with E-state index < -0.39 is 0 Å². The summed E-state index contributed by atoms with van der Waals surface area (Å²) >= 11 is 0. The molecule has 0 radical (unpaired) electrons. The van der Waals surface area contributed by atoms with Crippen LogP contribution in [0.2, 0.25) is 0 Å². The molecule has 0 unspecified atom stereocenters. The van der Waals surface area contributed by atoms with Gasteiger partial charge in [0, 0.05) is 0 Å². The van der Waals surface area contributed by atoms with Crippen molar-refractivity contribution in [3.05, 3.63) is 0 Å². The van der Waals surface area contributed by atoms with E-state index in [9.17, 15) is 0 Å². The Labute approximate surface area is 103 Å². The Morgan fingerprint density at radius 3 is 1.06 bits per heavy atom. The molecule has 0 aromatic rings. The minimum atomic E-state index is 1.09. The van der Waals surface area contributed by atoms with E-state index >= 15 is 0 Å². The maximum absolute atomic E-state index is 2.32. The summed E-state index contributed by atoms with van der Waals surface area (Å²) in [5, 5.41) is 0. The van der Waals surface area contributed by atoms with Gasteiger partial charge in [-0.3, -0.25) is 0 Å². The van der Waals surface area contributed by atoms with Crippen LogP contribution in [0.15, 0.2) is 0 Å². The Kier molecular flexibility index (Phi) is 7.98. The van der Waals surface area contributed by atoms with Crippen molar-refractivity contribution < 1.29 is 0 Å². The molecule has 0 saturated heterocycles. The summed E-state index contributed by atoms with van der Waals surface area (Å²) in [6.07, 6.45) is 17.9. The van der Waals surface area contributed by atoms with Gasteiger partial charge in [-0.05, 0) is 11.8 Å². The van der Waals surface area contributed by atoms with Gasteiger partial charge in [-0.15, -0.1) is 0 Å². The van der Waals surface area contributed by atoms with Gasteiger partial charge in [-0.25, -0.2) is 0 Å². The number of hydrogen-bond acceptors (Lipinski definition) is 0. The molecule has 0 N–H and O–H groups in total. The third-order valence-corrected chi connectivity index (χ3v) is 4.60. The summed E-state index contributed by atoms with van der Waals surface area (Å²) in [7, 11) is 0. The van der Waals surface area contributed by atoms with Crippen LogP contribution in [0, 0.1) is 11.8 Å². The third-order valence-electron chi connectivity index (χ3n) is 4.60. The van der Waals surface area contributed by atoms with Gasteiger partial charge >= 0.3 is 0 Å². The maximum atomic E-state index is 2.32. The highest BCUT2D eigenvalue weighted by Crippen LogP contribution is 2.26. The lowest BCUT2D eigenvalue weighted by molar-refractivity contribution is 0.349. The molecule has 2 aliphatic rings. The highest BCUT2D eigenvalue weighted by Gasteiger charge is 2.10. The minimum absolute atomic E-state index is 1.09. The first-order valence-corrected chi connectivity index (χ1v) is 7.86. The second kappa shape index (κ2) is 9.07. The lowest BCUT2D eigenvalue weighted by atomic mass is 9.88. The minimum Gasteiger partial charge on any atom is -0.0651 e. The quantitative estimate of drug-likeness (QED) is 0.543. The SMILES string of the molecule is CCC1CCCCC1.CCC1CCCCC1. The molecule has 0 heteroatoms. The van der Waals surface area contributed by atoms with Gasteiger partial charge in [-0.1, -0.05) is 90.9 Å². The monoisotopic (exact) mass is 224 g/mol. The molecule has 2 fully saturated rings. The zero-order chi connectivity index (χ0) is 11.6. The van der Waals surface area contributed by atoms with Crippen LogP contribution in [0.25, 0.3) is 0 Å². The van der Waals surface area contributed by atoms with E-state index in [1.54, 1.807) is 0 Å². The maximum Gasteiger partial charge on any atom is -0.0417 e. The van der Waals surface area contributed by atoms with Crippen LogP contribution in [0.5, 0.6) is 0 Å². The van der Waals surface area contributed by atoms with Gasteiger partial charge in [0.2, 0.25) is 0 Å². The van der Waals surface area contributed by atoms with Crippen LogP contribution in [-0.4, -0.2) is 0 Å². The molecule has 0 nitrogen and oxygen atoms in total. The lowest BCUT2D eigenvalue weighted by Crippen LogP contribution is -2.03. The topological polar surface area (TPSA) is 0 Å². The fraction of sp³-hybridized carbons (Fsp3) is 1.00. The molecule has 16 heavy (non-hydrogen) atoms. The van der Waals surface area contributed by atoms with Crippen molar-refractivity contribution >= 4 is 0 Å². The van der Waals surface area contributed by atoms with E-state index in [2.05, 4.69) is 13.8 Å². The van der Waals surface area contributed by atoms with Gasteiger partial charge < -0.3 is 0 Å². The third kappa shape index (κ3) is 5.92. The number of hydrogen-bond donors (Lipinski definition) is 0. The fourth-order valence-electron chi connectivity index (χ4n) is 3.19. The average Bonchev–Trinajstić information content (AvgIpc) is 2.41. The van der Waals surface area contributed by atoms with Crippen molar-refractivity contribution in [1.29, 1.82) is 0 Å². The van der Waals surface area contributed by atoms with Gasteiger partial charge in [0.15, 0.2) is 0 Å². The molecule has 2 rings (SSSR count). The average molecular weight is 224 g/mol. The molecule has 2 saturated carbocycles. The molecule has 0 aliphatic heterocycles. The molecular weight excluding hydrogens is 192 g/mol. The van der Waals surface area contributed by atoms with E-state index in [0.717, 1.165) is 11.8 Å². The Bertz CT molecular complexity index is 120. The zero-order valence-corrected chi connectivity index (χ0v) is 11.6. The summed E-state index contributed by atoms with van der Waals surface area (Å²) < 4.78 is 0. The van der Waals surface area contributed by atoms with E-state index in [0.29, 0.717) is 0 Å². The summed E-state index contributed by atoms with van der Waals surface area (Å²) in [6.45, 7) is 4.63. The van der Waals surface area contributed by atoms with Gasteiger partial charge in [0.1, 0.15) is 0 Å². The first-order valence-electron chi connectivity index (χ1n) is 7.86. The second-order valence-electron chi connectivity index (χ2n) is 5.82. The van der Waals surface area contributed by atoms with Crippen LogP contribution < -0.4 is 0 Å². The van der Waals surface area contributed by atoms with Crippen molar-refractivity contribution in [3.8, 4) is 0 Å². The molecule has 0 atom stereocenters. The smallest absolute Gasteiger partial charge is 0.0417 e. The van der Waals surface area contributed by atoms with Crippen LogP contribution in [0.4, 0.5) is 0 Å². The molecule has 0 bridgehead atoms. The standard InChI is InChI=1S/2C8H16/c2*1-2-8-6-4-3-5-7-8/h2*8H,2-7H2,1H3. The summed E-state index contributed by atoms with van der Waals surface area (Å²) in [6, 6.07) is 0. The first-order chi connectivity index (χ1) is 7.86. The second-order valence-corrected chi connectivity index (χ2v) is 5.82. The van der Waals surface area contributed by atoms with Crippen molar-refractivity contribution in [2.24, 2.45) is 11.8 Å². The Morgan fingerprint density at radius 2 is 0.875 bits per heavy atom. The zero-order valence-electron chi connectivity index (χ0n) is 11.6. The molecule has 0 aromatic heterocycles. The van der Waals surface area contributed by atoms with E-state index in [1.807, 2.05) is 0 Å². The molecular formula is C16H32. The van der Waals surface area contributed by atoms with Crippen molar-refractivity contribution in [1.82, 2.24) is 0 Å². The lowest BCUT2D eigenvalue weighted by Gasteiger charge is -2.18. The van der Waals surface area contributed by atoms with Crippen molar-refractivity contribution in [2.75, 3.05) is 0 Å². The molecule has 0 aromatic carbocycles.